The van der Waals surface area contributed by atoms with E-state index in [2.05, 4.69) is 29.2 Å². The fourth-order valence-electron chi connectivity index (χ4n) is 4.09. The highest BCUT2D eigenvalue weighted by molar-refractivity contribution is 5.66. The van der Waals surface area contributed by atoms with Crippen LogP contribution in [-0.2, 0) is 19.3 Å². The summed E-state index contributed by atoms with van der Waals surface area (Å²) in [4.78, 5) is 2.50. The lowest BCUT2D eigenvalue weighted by Crippen LogP contribution is -2.30. The van der Waals surface area contributed by atoms with E-state index >= 15 is 0 Å². The van der Waals surface area contributed by atoms with Gasteiger partial charge in [-0.3, -0.25) is 4.90 Å². The molecule has 4 rings (SSSR count). The van der Waals surface area contributed by atoms with Crippen LogP contribution in [0.5, 0.6) is 0 Å². The van der Waals surface area contributed by atoms with Gasteiger partial charge in [0.25, 0.3) is 0 Å². The van der Waals surface area contributed by atoms with Gasteiger partial charge < -0.3 is 0 Å². The van der Waals surface area contributed by atoms with Crippen molar-refractivity contribution in [3.63, 3.8) is 0 Å². The van der Waals surface area contributed by atoms with E-state index in [1.54, 1.807) is 23.3 Å². The zero-order valence-electron chi connectivity index (χ0n) is 14.8. The van der Waals surface area contributed by atoms with E-state index in [0.717, 1.165) is 38.0 Å². The monoisotopic (exact) mass is 335 g/mol. The minimum Gasteiger partial charge on any atom is -0.299 e. The highest BCUT2D eigenvalue weighted by atomic mass is 19.1. The summed E-state index contributed by atoms with van der Waals surface area (Å²) in [6.07, 6.45) is 9.60. The summed E-state index contributed by atoms with van der Waals surface area (Å²) in [6.45, 7) is 3.13. The minimum atomic E-state index is -0.145. The molecular weight excluding hydrogens is 309 g/mol. The molecule has 0 saturated carbocycles. The number of aryl methyl sites for hydroxylation is 2. The Morgan fingerprint density at radius 2 is 1.80 bits per heavy atom. The molecule has 130 valence electrons. The molecule has 25 heavy (non-hydrogen) atoms. The van der Waals surface area contributed by atoms with Gasteiger partial charge in [-0.2, -0.15) is 0 Å². The molecule has 0 bridgehead atoms. The first-order valence-corrected chi connectivity index (χ1v) is 9.56. The fourth-order valence-corrected chi connectivity index (χ4v) is 4.09. The Bertz CT molecular complexity index is 777. The summed E-state index contributed by atoms with van der Waals surface area (Å²) in [5.74, 6) is -0.145. The van der Waals surface area contributed by atoms with Crippen LogP contribution in [0.1, 0.15) is 41.5 Å². The van der Waals surface area contributed by atoms with Gasteiger partial charge in [-0.25, -0.2) is 4.39 Å². The second kappa shape index (κ2) is 7.53. The summed E-state index contributed by atoms with van der Waals surface area (Å²) in [6, 6.07) is 14.1. The van der Waals surface area contributed by atoms with Crippen molar-refractivity contribution < 1.29 is 4.39 Å². The average molecular weight is 335 g/mol. The Labute approximate surface area is 150 Å². The Kier molecular flexibility index (Phi) is 4.98. The number of rotatable bonds is 4. The zero-order chi connectivity index (χ0) is 17.1. The van der Waals surface area contributed by atoms with Crippen LogP contribution in [0.2, 0.25) is 0 Å². The molecule has 1 aliphatic carbocycles. The molecule has 0 fully saturated rings. The molecular formula is C23H26FN. The maximum absolute atomic E-state index is 13.4. The Hall–Kier alpha value is -1.93. The number of hydrogen-bond donors (Lipinski definition) is 0. The Balaban J connectivity index is 1.34. The van der Waals surface area contributed by atoms with Gasteiger partial charge >= 0.3 is 0 Å². The first-order valence-electron chi connectivity index (χ1n) is 9.56. The van der Waals surface area contributed by atoms with E-state index < -0.39 is 0 Å². The molecule has 0 N–H and O–H groups in total. The third-order valence-corrected chi connectivity index (χ3v) is 5.62. The van der Waals surface area contributed by atoms with Gasteiger partial charge in [0, 0.05) is 19.6 Å². The molecule has 0 unspecified atom stereocenters. The lowest BCUT2D eigenvalue weighted by molar-refractivity contribution is 0.306. The van der Waals surface area contributed by atoms with Crippen LogP contribution in [0.3, 0.4) is 0 Å². The summed E-state index contributed by atoms with van der Waals surface area (Å²) < 4.78 is 13.4. The Morgan fingerprint density at radius 1 is 0.920 bits per heavy atom. The summed E-state index contributed by atoms with van der Waals surface area (Å²) in [7, 11) is 0. The molecule has 2 aromatic rings. The molecule has 0 spiro atoms. The average Bonchev–Trinajstić information content (AvgIpc) is 2.66. The number of fused-ring (bicyclic) bond motifs is 1. The fraction of sp³-hybridized carbons (Fsp3) is 0.391. The van der Waals surface area contributed by atoms with Crippen LogP contribution >= 0.6 is 0 Å². The van der Waals surface area contributed by atoms with Gasteiger partial charge in [0.1, 0.15) is 5.82 Å². The van der Waals surface area contributed by atoms with E-state index in [4.69, 9.17) is 0 Å². The Morgan fingerprint density at radius 3 is 2.60 bits per heavy atom. The molecule has 2 aromatic carbocycles. The lowest BCUT2D eigenvalue weighted by Gasteiger charge is -2.26. The summed E-state index contributed by atoms with van der Waals surface area (Å²) >= 11 is 0. The number of benzene rings is 2. The highest BCUT2D eigenvalue weighted by Crippen LogP contribution is 2.24. The van der Waals surface area contributed by atoms with E-state index in [1.807, 2.05) is 6.07 Å². The molecule has 2 aliphatic rings. The third kappa shape index (κ3) is 4.01. The predicted octanol–water partition coefficient (Wildman–Crippen LogP) is 5.04. The van der Waals surface area contributed by atoms with Crippen LogP contribution in [0.25, 0.3) is 5.57 Å². The van der Waals surface area contributed by atoms with Crippen molar-refractivity contribution in [2.75, 3.05) is 19.6 Å². The zero-order valence-corrected chi connectivity index (χ0v) is 14.8. The SMILES string of the molecule is Fc1cccc(C2=CCN(CCc3ccc4c(c3)CCCC4)CC2)c1. The third-order valence-electron chi connectivity index (χ3n) is 5.62. The van der Waals surface area contributed by atoms with E-state index in [1.165, 1.54) is 42.9 Å². The first-order chi connectivity index (χ1) is 12.3. The molecule has 0 aromatic heterocycles. The highest BCUT2D eigenvalue weighted by Gasteiger charge is 2.14. The quantitative estimate of drug-likeness (QED) is 0.757. The molecule has 0 amide bonds. The largest absolute Gasteiger partial charge is 0.299 e. The minimum absolute atomic E-state index is 0.145. The molecule has 0 saturated heterocycles. The molecule has 2 heteroatoms. The standard InChI is InChI=1S/C23H26FN/c24-23-7-3-6-22(17-23)20-11-14-25(15-12-20)13-10-18-8-9-19-4-1-2-5-21(19)16-18/h3,6-9,11,16-17H,1-2,4-5,10,12-15H2. The van der Waals surface area contributed by atoms with Crippen molar-refractivity contribution in [1.82, 2.24) is 4.90 Å². The number of hydrogen-bond acceptors (Lipinski definition) is 1. The van der Waals surface area contributed by atoms with Crippen LogP contribution < -0.4 is 0 Å². The van der Waals surface area contributed by atoms with Crippen LogP contribution in [0, 0.1) is 5.82 Å². The van der Waals surface area contributed by atoms with Crippen LogP contribution in [0.4, 0.5) is 4.39 Å². The van der Waals surface area contributed by atoms with Crippen molar-refractivity contribution in [3.05, 3.63) is 76.6 Å². The van der Waals surface area contributed by atoms with Gasteiger partial charge in [-0.15, -0.1) is 0 Å². The van der Waals surface area contributed by atoms with E-state index in [0.29, 0.717) is 0 Å². The van der Waals surface area contributed by atoms with Crippen molar-refractivity contribution >= 4 is 5.57 Å². The second-order valence-corrected chi connectivity index (χ2v) is 7.35. The van der Waals surface area contributed by atoms with Crippen molar-refractivity contribution in [1.29, 1.82) is 0 Å². The smallest absolute Gasteiger partial charge is 0.123 e. The van der Waals surface area contributed by atoms with Crippen LogP contribution in [-0.4, -0.2) is 24.5 Å². The van der Waals surface area contributed by atoms with Crippen molar-refractivity contribution in [3.8, 4) is 0 Å². The van der Waals surface area contributed by atoms with Crippen molar-refractivity contribution in [2.24, 2.45) is 0 Å². The number of nitrogens with zero attached hydrogens (tertiary/aromatic N) is 1. The second-order valence-electron chi connectivity index (χ2n) is 7.35. The predicted molar refractivity (Wildman–Crippen MR) is 102 cm³/mol. The molecule has 0 atom stereocenters. The molecule has 1 aliphatic heterocycles. The first kappa shape index (κ1) is 16.5. The van der Waals surface area contributed by atoms with Gasteiger partial charge in [0.15, 0.2) is 0 Å². The molecule has 1 nitrogen and oxygen atoms in total. The topological polar surface area (TPSA) is 3.24 Å². The van der Waals surface area contributed by atoms with Crippen molar-refractivity contribution in [2.45, 2.75) is 38.5 Å². The normalized spacial score (nSPS) is 17.9. The van der Waals surface area contributed by atoms with E-state index in [9.17, 15) is 4.39 Å². The van der Waals surface area contributed by atoms with Gasteiger partial charge in [0.2, 0.25) is 0 Å². The molecule has 1 heterocycles. The van der Waals surface area contributed by atoms with Gasteiger partial charge in [0.05, 0.1) is 0 Å². The summed E-state index contributed by atoms with van der Waals surface area (Å²) in [5, 5.41) is 0. The summed E-state index contributed by atoms with van der Waals surface area (Å²) in [5.41, 5.74) is 6.94. The van der Waals surface area contributed by atoms with E-state index in [-0.39, 0.29) is 5.82 Å². The number of halogens is 1. The van der Waals surface area contributed by atoms with Gasteiger partial charge in [-0.05, 0) is 78.5 Å². The lowest BCUT2D eigenvalue weighted by atomic mass is 9.90. The molecule has 0 radical (unpaired) electrons. The van der Waals surface area contributed by atoms with Crippen LogP contribution in [0.15, 0.2) is 48.5 Å². The maximum atomic E-state index is 13.4. The maximum Gasteiger partial charge on any atom is 0.123 e. The van der Waals surface area contributed by atoms with Gasteiger partial charge in [-0.1, -0.05) is 36.4 Å².